The number of benzene rings is 1. The average Bonchev–Trinajstić information content (AvgIpc) is 2.75. The minimum Gasteiger partial charge on any atom is -0.236 e. The number of rotatable bonds is 10. The molecule has 1 aliphatic rings. The monoisotopic (exact) mass is 400 g/mol. The molecule has 1 aromatic carbocycles. The Bertz CT molecular complexity index is 737. The molecule has 0 aliphatic heterocycles. The zero-order valence-electron chi connectivity index (χ0n) is 17.7. The van der Waals surface area contributed by atoms with E-state index in [0.29, 0.717) is 11.4 Å². The zero-order valence-corrected chi connectivity index (χ0v) is 17.7. The van der Waals surface area contributed by atoms with Crippen LogP contribution in [-0.2, 0) is 6.42 Å². The highest BCUT2D eigenvalue weighted by molar-refractivity contribution is 5.54. The number of aromatic nitrogens is 2. The summed E-state index contributed by atoms with van der Waals surface area (Å²) in [6.45, 7) is 2.27. The molecule has 0 saturated heterocycles. The van der Waals surface area contributed by atoms with Gasteiger partial charge < -0.3 is 0 Å². The molecule has 0 spiro atoms. The van der Waals surface area contributed by atoms with Gasteiger partial charge in [0.1, 0.15) is 0 Å². The second-order valence-corrected chi connectivity index (χ2v) is 8.67. The van der Waals surface area contributed by atoms with Crippen molar-refractivity contribution in [2.24, 2.45) is 11.8 Å². The Labute approximate surface area is 174 Å². The minimum atomic E-state index is -0.869. The molecule has 3 rings (SSSR count). The van der Waals surface area contributed by atoms with Gasteiger partial charge >= 0.3 is 0 Å². The van der Waals surface area contributed by atoms with Gasteiger partial charge in [-0.2, -0.15) is 0 Å². The first-order valence-electron chi connectivity index (χ1n) is 11.4. The fourth-order valence-corrected chi connectivity index (χ4v) is 4.48. The van der Waals surface area contributed by atoms with Crippen LogP contribution in [-0.4, -0.2) is 9.97 Å². The van der Waals surface area contributed by atoms with Crippen LogP contribution in [0.1, 0.15) is 83.1 Å². The maximum atomic E-state index is 13.4. The van der Waals surface area contributed by atoms with E-state index in [4.69, 9.17) is 0 Å². The SMILES string of the molecule is CCCCCCCC1CCC(CCc2cnc(-c3ccc(F)c(F)c3)nc2)CC1. The van der Waals surface area contributed by atoms with Crippen LogP contribution in [0.25, 0.3) is 11.4 Å². The zero-order chi connectivity index (χ0) is 20.5. The van der Waals surface area contributed by atoms with Crippen molar-refractivity contribution in [1.82, 2.24) is 9.97 Å². The van der Waals surface area contributed by atoms with Gasteiger partial charge in [0.2, 0.25) is 0 Å². The highest BCUT2D eigenvalue weighted by Gasteiger charge is 2.20. The van der Waals surface area contributed by atoms with Crippen molar-refractivity contribution in [3.05, 3.63) is 47.8 Å². The molecule has 0 bridgehead atoms. The van der Waals surface area contributed by atoms with Crippen molar-refractivity contribution in [2.75, 3.05) is 0 Å². The molecule has 4 heteroatoms. The van der Waals surface area contributed by atoms with Gasteiger partial charge in [0.05, 0.1) is 0 Å². The Kier molecular flexibility index (Phi) is 8.57. The van der Waals surface area contributed by atoms with Crippen LogP contribution in [0.5, 0.6) is 0 Å². The van der Waals surface area contributed by atoms with Crippen LogP contribution < -0.4 is 0 Å². The molecule has 29 heavy (non-hydrogen) atoms. The fraction of sp³-hybridized carbons (Fsp3) is 0.600. The fourth-order valence-electron chi connectivity index (χ4n) is 4.48. The smallest absolute Gasteiger partial charge is 0.159 e. The van der Waals surface area contributed by atoms with E-state index in [1.807, 2.05) is 12.4 Å². The van der Waals surface area contributed by atoms with Crippen LogP contribution in [0.4, 0.5) is 8.78 Å². The Hall–Kier alpha value is -1.84. The van der Waals surface area contributed by atoms with E-state index in [9.17, 15) is 8.78 Å². The maximum Gasteiger partial charge on any atom is 0.159 e. The lowest BCUT2D eigenvalue weighted by atomic mass is 9.78. The van der Waals surface area contributed by atoms with Crippen LogP contribution in [0.2, 0.25) is 0 Å². The lowest BCUT2D eigenvalue weighted by molar-refractivity contribution is 0.248. The van der Waals surface area contributed by atoms with Crippen molar-refractivity contribution in [3.8, 4) is 11.4 Å². The van der Waals surface area contributed by atoms with Crippen molar-refractivity contribution in [3.63, 3.8) is 0 Å². The number of aryl methyl sites for hydroxylation is 1. The van der Waals surface area contributed by atoms with E-state index in [1.165, 1.54) is 76.7 Å². The third kappa shape index (κ3) is 6.87. The highest BCUT2D eigenvalue weighted by Crippen LogP contribution is 2.34. The molecule has 2 aromatic rings. The first-order valence-corrected chi connectivity index (χ1v) is 11.4. The molecule has 0 radical (unpaired) electrons. The van der Waals surface area contributed by atoms with Gasteiger partial charge in [-0.25, -0.2) is 18.7 Å². The Morgan fingerprint density at radius 3 is 2.14 bits per heavy atom. The summed E-state index contributed by atoms with van der Waals surface area (Å²) in [5.41, 5.74) is 1.62. The van der Waals surface area contributed by atoms with E-state index in [-0.39, 0.29) is 0 Å². The van der Waals surface area contributed by atoms with E-state index < -0.39 is 11.6 Å². The Balaban J connectivity index is 1.38. The molecule has 0 amide bonds. The van der Waals surface area contributed by atoms with Gasteiger partial charge in [0.25, 0.3) is 0 Å². The van der Waals surface area contributed by atoms with E-state index in [1.54, 1.807) is 0 Å². The van der Waals surface area contributed by atoms with Gasteiger partial charge in [-0.1, -0.05) is 71.1 Å². The molecule has 1 aromatic heterocycles. The van der Waals surface area contributed by atoms with E-state index in [2.05, 4.69) is 16.9 Å². The molecular formula is C25H34F2N2. The first kappa shape index (κ1) is 21.9. The molecule has 2 nitrogen and oxygen atoms in total. The topological polar surface area (TPSA) is 25.8 Å². The normalized spacial score (nSPS) is 19.4. The summed E-state index contributed by atoms with van der Waals surface area (Å²) in [5.74, 6) is 0.485. The van der Waals surface area contributed by atoms with E-state index >= 15 is 0 Å². The minimum absolute atomic E-state index is 0.437. The van der Waals surface area contributed by atoms with Crippen LogP contribution in [0.3, 0.4) is 0 Å². The van der Waals surface area contributed by atoms with Gasteiger partial charge in [-0.3, -0.25) is 0 Å². The molecule has 1 fully saturated rings. The highest BCUT2D eigenvalue weighted by atomic mass is 19.2. The number of nitrogens with zero attached hydrogens (tertiary/aromatic N) is 2. The van der Waals surface area contributed by atoms with Gasteiger partial charge in [-0.05, 0) is 48.4 Å². The predicted octanol–water partition coefficient (Wildman–Crippen LogP) is 7.52. The maximum absolute atomic E-state index is 13.4. The Morgan fingerprint density at radius 2 is 1.48 bits per heavy atom. The summed E-state index contributed by atoms with van der Waals surface area (Å²) in [7, 11) is 0. The van der Waals surface area contributed by atoms with Crippen molar-refractivity contribution < 1.29 is 8.78 Å². The lowest BCUT2D eigenvalue weighted by Crippen LogP contribution is -2.15. The number of hydrogen-bond acceptors (Lipinski definition) is 2. The molecule has 1 heterocycles. The third-order valence-electron chi connectivity index (χ3n) is 6.41. The van der Waals surface area contributed by atoms with Gasteiger partial charge in [-0.15, -0.1) is 0 Å². The second-order valence-electron chi connectivity index (χ2n) is 8.67. The van der Waals surface area contributed by atoms with Crippen LogP contribution in [0.15, 0.2) is 30.6 Å². The Morgan fingerprint density at radius 1 is 0.828 bits per heavy atom. The quantitative estimate of drug-likeness (QED) is 0.385. The first-order chi connectivity index (χ1) is 14.2. The van der Waals surface area contributed by atoms with Crippen molar-refractivity contribution in [2.45, 2.75) is 84.0 Å². The molecule has 0 atom stereocenters. The third-order valence-corrected chi connectivity index (χ3v) is 6.41. The molecular weight excluding hydrogens is 366 g/mol. The summed E-state index contributed by atoms with van der Waals surface area (Å²) in [4.78, 5) is 8.70. The summed E-state index contributed by atoms with van der Waals surface area (Å²) in [6, 6.07) is 3.77. The molecule has 158 valence electrons. The number of unbranched alkanes of at least 4 members (excludes halogenated alkanes) is 4. The van der Waals surface area contributed by atoms with Crippen LogP contribution >= 0.6 is 0 Å². The van der Waals surface area contributed by atoms with E-state index in [0.717, 1.165) is 36.0 Å². The van der Waals surface area contributed by atoms with Crippen LogP contribution in [0, 0.1) is 23.5 Å². The average molecular weight is 401 g/mol. The van der Waals surface area contributed by atoms with Gasteiger partial charge in [0, 0.05) is 18.0 Å². The summed E-state index contributed by atoms with van der Waals surface area (Å²) in [6.07, 6.45) is 19.7. The van der Waals surface area contributed by atoms with Gasteiger partial charge in [0.15, 0.2) is 17.5 Å². The second kappa shape index (κ2) is 11.4. The van der Waals surface area contributed by atoms with Crippen molar-refractivity contribution in [1.29, 1.82) is 0 Å². The molecule has 0 unspecified atom stereocenters. The standard InChI is InChI=1S/C25H34F2N2/c1-2-3-4-5-6-7-19-8-10-20(11-9-19)12-13-21-17-28-25(29-18-21)22-14-15-23(26)24(27)16-22/h14-20H,2-13H2,1H3. The van der Waals surface area contributed by atoms with Crippen molar-refractivity contribution >= 4 is 0 Å². The summed E-state index contributed by atoms with van der Waals surface area (Å²) < 4.78 is 26.5. The predicted molar refractivity (Wildman–Crippen MR) is 115 cm³/mol. The number of halogens is 2. The molecule has 1 saturated carbocycles. The number of hydrogen-bond donors (Lipinski definition) is 0. The largest absolute Gasteiger partial charge is 0.236 e. The molecule has 1 aliphatic carbocycles. The summed E-state index contributed by atoms with van der Waals surface area (Å²) >= 11 is 0. The lowest BCUT2D eigenvalue weighted by Gasteiger charge is -2.28. The summed E-state index contributed by atoms with van der Waals surface area (Å²) in [5, 5.41) is 0. The molecule has 0 N–H and O–H groups in total.